The van der Waals surface area contributed by atoms with E-state index in [0.717, 1.165) is 5.56 Å². The van der Waals surface area contributed by atoms with Crippen molar-refractivity contribution in [2.45, 2.75) is 13.0 Å². The third-order valence-corrected chi connectivity index (χ3v) is 5.34. The number of benzene rings is 2. The molecule has 4 rings (SSSR count). The van der Waals surface area contributed by atoms with Crippen LogP contribution >= 0.6 is 11.6 Å². The number of anilines is 1. The average molecular weight is 435 g/mol. The Bertz CT molecular complexity index is 1210. The van der Waals surface area contributed by atoms with Gasteiger partial charge in [-0.05, 0) is 49.4 Å². The molecule has 6 nitrogen and oxygen atoms in total. The van der Waals surface area contributed by atoms with Gasteiger partial charge in [-0.3, -0.25) is 19.5 Å². The lowest BCUT2D eigenvalue weighted by atomic mass is 9.97. The van der Waals surface area contributed by atoms with Gasteiger partial charge in [-0.1, -0.05) is 35.4 Å². The van der Waals surface area contributed by atoms with Crippen molar-refractivity contribution in [3.8, 4) is 5.75 Å². The van der Waals surface area contributed by atoms with E-state index in [1.54, 1.807) is 60.8 Å². The minimum atomic E-state index is -0.926. The quantitative estimate of drug-likeness (QED) is 0.366. The van der Waals surface area contributed by atoms with Gasteiger partial charge in [0.1, 0.15) is 17.6 Å². The van der Waals surface area contributed by atoms with Crippen LogP contribution in [0.4, 0.5) is 5.69 Å². The topological polar surface area (TPSA) is 79.7 Å². The molecule has 7 heteroatoms. The molecule has 2 heterocycles. The maximum absolute atomic E-state index is 13.1. The number of rotatable bonds is 4. The second-order valence-corrected chi connectivity index (χ2v) is 7.54. The van der Waals surface area contributed by atoms with Crippen LogP contribution in [0.2, 0.25) is 5.02 Å². The molecular weight excluding hydrogens is 416 g/mol. The van der Waals surface area contributed by atoms with Gasteiger partial charge in [0, 0.05) is 16.9 Å². The van der Waals surface area contributed by atoms with E-state index in [9.17, 15) is 14.7 Å². The molecule has 1 aromatic heterocycles. The highest BCUT2D eigenvalue weighted by atomic mass is 35.5. The van der Waals surface area contributed by atoms with Crippen molar-refractivity contribution < 1.29 is 19.4 Å². The highest BCUT2D eigenvalue weighted by molar-refractivity contribution is 6.51. The number of aromatic nitrogens is 1. The fourth-order valence-corrected chi connectivity index (χ4v) is 3.88. The molecule has 1 N–H and O–H groups in total. The zero-order chi connectivity index (χ0) is 22.1. The van der Waals surface area contributed by atoms with Crippen molar-refractivity contribution in [3.63, 3.8) is 0 Å². The summed E-state index contributed by atoms with van der Waals surface area (Å²) < 4.78 is 5.37. The van der Waals surface area contributed by atoms with Gasteiger partial charge in [0.05, 0.1) is 23.9 Å². The molecule has 0 aliphatic carbocycles. The number of carbonyl (C=O) groups is 2. The number of Topliss-reactive ketones (excluding diaryl/α,β-unsaturated/α-hetero) is 1. The van der Waals surface area contributed by atoms with E-state index in [1.807, 2.05) is 13.0 Å². The summed E-state index contributed by atoms with van der Waals surface area (Å²) in [4.78, 5) is 31.9. The zero-order valence-corrected chi connectivity index (χ0v) is 17.6. The molecule has 0 radical (unpaired) electrons. The predicted molar refractivity (Wildman–Crippen MR) is 118 cm³/mol. The molecule has 3 aromatic rings. The summed E-state index contributed by atoms with van der Waals surface area (Å²) in [5.41, 5.74) is 2.00. The normalized spacial score (nSPS) is 17.8. The molecule has 156 valence electrons. The van der Waals surface area contributed by atoms with Gasteiger partial charge in [0.25, 0.3) is 11.7 Å². The molecular formula is C24H19ClN2O4. The molecule has 0 bridgehead atoms. The second-order valence-electron chi connectivity index (χ2n) is 7.11. The number of aliphatic hydroxyl groups is 1. The number of ketones is 1. The van der Waals surface area contributed by atoms with Crippen LogP contribution in [-0.2, 0) is 9.59 Å². The smallest absolute Gasteiger partial charge is 0.300 e. The van der Waals surface area contributed by atoms with Crippen molar-refractivity contribution in [1.29, 1.82) is 0 Å². The summed E-state index contributed by atoms with van der Waals surface area (Å²) in [6.45, 7) is 1.86. The van der Waals surface area contributed by atoms with Crippen LogP contribution in [0.1, 0.15) is 22.9 Å². The summed E-state index contributed by atoms with van der Waals surface area (Å²) in [5.74, 6) is -1.52. The Morgan fingerprint density at radius 1 is 1.10 bits per heavy atom. The van der Waals surface area contributed by atoms with Crippen LogP contribution in [0.25, 0.3) is 5.76 Å². The molecule has 1 unspecified atom stereocenters. The maximum Gasteiger partial charge on any atom is 0.300 e. The number of halogens is 1. The van der Waals surface area contributed by atoms with Gasteiger partial charge in [0.2, 0.25) is 0 Å². The van der Waals surface area contributed by atoms with Crippen LogP contribution in [-0.4, -0.2) is 28.9 Å². The molecule has 1 aliphatic rings. The number of hydrogen-bond acceptors (Lipinski definition) is 5. The van der Waals surface area contributed by atoms with E-state index in [-0.39, 0.29) is 11.3 Å². The number of carbonyl (C=O) groups excluding carboxylic acids is 2. The highest BCUT2D eigenvalue weighted by Crippen LogP contribution is 2.43. The van der Waals surface area contributed by atoms with Gasteiger partial charge in [-0.2, -0.15) is 0 Å². The fraction of sp³-hybridized carbons (Fsp3) is 0.125. The summed E-state index contributed by atoms with van der Waals surface area (Å²) in [6.07, 6.45) is 1.57. The minimum Gasteiger partial charge on any atom is -0.507 e. The Kier molecular flexibility index (Phi) is 5.48. The molecule has 1 atom stereocenters. The summed E-state index contributed by atoms with van der Waals surface area (Å²) in [7, 11) is 1.47. The third-order valence-electron chi connectivity index (χ3n) is 5.11. The SMILES string of the molecule is COc1ccc(C)cc1/C(O)=C1\C(=O)C(=O)N(c2cccc(Cl)c2)C1c1ccccn1. The Morgan fingerprint density at radius 2 is 1.90 bits per heavy atom. The summed E-state index contributed by atoms with van der Waals surface area (Å²) in [6, 6.07) is 16.1. The molecule has 0 saturated carbocycles. The van der Waals surface area contributed by atoms with Crippen LogP contribution in [0.5, 0.6) is 5.75 Å². The highest BCUT2D eigenvalue weighted by Gasteiger charge is 2.47. The van der Waals surface area contributed by atoms with Crippen LogP contribution in [0.15, 0.2) is 72.4 Å². The number of hydrogen-bond donors (Lipinski definition) is 1. The van der Waals surface area contributed by atoms with E-state index in [1.165, 1.54) is 12.0 Å². The summed E-state index contributed by atoms with van der Waals surface area (Å²) in [5, 5.41) is 11.7. The van der Waals surface area contributed by atoms with Gasteiger partial charge in [-0.15, -0.1) is 0 Å². The molecule has 31 heavy (non-hydrogen) atoms. The molecule has 1 saturated heterocycles. The molecule has 1 fully saturated rings. The molecule has 2 aromatic carbocycles. The molecule has 1 aliphatic heterocycles. The Balaban J connectivity index is 1.99. The number of methoxy groups -OCH3 is 1. The summed E-state index contributed by atoms with van der Waals surface area (Å²) >= 11 is 6.14. The van der Waals surface area contributed by atoms with E-state index in [0.29, 0.717) is 27.7 Å². The van der Waals surface area contributed by atoms with E-state index in [4.69, 9.17) is 16.3 Å². The van der Waals surface area contributed by atoms with E-state index >= 15 is 0 Å². The standard InChI is InChI=1S/C24H19ClN2O4/c1-14-9-10-19(31-2)17(12-14)22(28)20-21(18-8-3-4-11-26-18)27(24(30)23(20)29)16-7-5-6-15(25)13-16/h3-13,21,28H,1-2H3/b22-20+. The first-order chi connectivity index (χ1) is 14.9. The predicted octanol–water partition coefficient (Wildman–Crippen LogP) is 4.68. The third kappa shape index (κ3) is 3.66. The van der Waals surface area contributed by atoms with Crippen molar-refractivity contribution in [1.82, 2.24) is 4.98 Å². The first-order valence-electron chi connectivity index (χ1n) is 9.55. The van der Waals surface area contributed by atoms with Gasteiger partial charge in [-0.25, -0.2) is 0 Å². The molecule has 1 amide bonds. The van der Waals surface area contributed by atoms with Gasteiger partial charge >= 0.3 is 0 Å². The number of aliphatic hydroxyl groups excluding tert-OH is 1. The Labute approximate surface area is 184 Å². The van der Waals surface area contributed by atoms with E-state index < -0.39 is 17.7 Å². The van der Waals surface area contributed by atoms with E-state index in [2.05, 4.69) is 4.98 Å². The monoisotopic (exact) mass is 434 g/mol. The Morgan fingerprint density at radius 3 is 2.58 bits per heavy atom. The number of nitrogens with zero attached hydrogens (tertiary/aromatic N) is 2. The van der Waals surface area contributed by atoms with Crippen LogP contribution < -0.4 is 9.64 Å². The van der Waals surface area contributed by atoms with Crippen molar-refractivity contribution >= 4 is 34.7 Å². The fourth-order valence-electron chi connectivity index (χ4n) is 3.69. The first kappa shape index (κ1) is 20.6. The minimum absolute atomic E-state index is 0.0624. The van der Waals surface area contributed by atoms with Crippen molar-refractivity contribution in [2.24, 2.45) is 0 Å². The van der Waals surface area contributed by atoms with Crippen molar-refractivity contribution in [3.05, 3.63) is 94.3 Å². The van der Waals surface area contributed by atoms with Gasteiger partial charge < -0.3 is 9.84 Å². The zero-order valence-electron chi connectivity index (χ0n) is 16.9. The maximum atomic E-state index is 13.1. The number of amides is 1. The van der Waals surface area contributed by atoms with Crippen molar-refractivity contribution in [2.75, 3.05) is 12.0 Å². The second kappa shape index (κ2) is 8.24. The first-order valence-corrected chi connectivity index (χ1v) is 9.92. The lowest BCUT2D eigenvalue weighted by Gasteiger charge is -2.24. The van der Waals surface area contributed by atoms with Gasteiger partial charge in [0.15, 0.2) is 0 Å². The number of pyridine rings is 1. The lowest BCUT2D eigenvalue weighted by Crippen LogP contribution is -2.29. The largest absolute Gasteiger partial charge is 0.507 e. The Hall–Kier alpha value is -3.64. The lowest BCUT2D eigenvalue weighted by molar-refractivity contribution is -0.132. The van der Waals surface area contributed by atoms with Crippen LogP contribution in [0, 0.1) is 6.92 Å². The number of aryl methyl sites for hydroxylation is 1. The average Bonchev–Trinajstić information content (AvgIpc) is 3.04. The molecule has 0 spiro atoms. The van der Waals surface area contributed by atoms with Crippen LogP contribution in [0.3, 0.4) is 0 Å². The number of ether oxygens (including phenoxy) is 1.